The zero-order valence-electron chi connectivity index (χ0n) is 2.12. The van der Waals surface area contributed by atoms with Crippen molar-refractivity contribution in [3.05, 3.63) is 0 Å². The summed E-state index contributed by atoms with van der Waals surface area (Å²) in [7, 11) is -4.67. The van der Waals surface area contributed by atoms with Crippen LogP contribution in [-0.2, 0) is 10.4 Å². The Morgan fingerprint density at radius 2 is 1.14 bits per heavy atom. The van der Waals surface area contributed by atoms with E-state index in [0.29, 0.717) is 0 Å². The van der Waals surface area contributed by atoms with Crippen LogP contribution >= 0.6 is 0 Å². The van der Waals surface area contributed by atoms with E-state index in [1.54, 1.807) is 0 Å². The molecule has 0 spiro atoms. The molecule has 0 unspecified atom stereocenters. The molecule has 0 aliphatic heterocycles. The quantitative estimate of drug-likeness (QED) is 0.327. The van der Waals surface area contributed by atoms with Gasteiger partial charge in [0.05, 0.1) is 0 Å². The van der Waals surface area contributed by atoms with Crippen LogP contribution in [-0.4, -0.2) is 107 Å². The van der Waals surface area contributed by atoms with Crippen molar-refractivity contribution in [3.8, 4) is 0 Å². The van der Waals surface area contributed by atoms with E-state index in [2.05, 4.69) is 0 Å². The van der Waals surface area contributed by atoms with E-state index in [1.165, 1.54) is 0 Å². The molecular weight excluding hydrogens is 175 g/mol. The summed E-state index contributed by atoms with van der Waals surface area (Å²) in [5.41, 5.74) is 0. The molecule has 7 heavy (non-hydrogen) atoms. The van der Waals surface area contributed by atoms with Crippen molar-refractivity contribution in [2.75, 3.05) is 0 Å². The Labute approximate surface area is 114 Å². The molecule has 7 heteroatoms. The van der Waals surface area contributed by atoms with Gasteiger partial charge in [-0.25, -0.2) is 0 Å². The molecule has 0 rings (SSSR count). The summed E-state index contributed by atoms with van der Waals surface area (Å²) < 4.78 is 31.6. The van der Waals surface area contributed by atoms with Gasteiger partial charge in [-0.05, 0) is 0 Å². The van der Waals surface area contributed by atoms with Gasteiger partial charge in [-0.15, -0.1) is 0 Å². The first-order chi connectivity index (χ1) is 2.00. The average molecular weight is 180 g/mol. The van der Waals surface area contributed by atoms with E-state index >= 15 is 0 Å². The molecule has 2 N–H and O–H groups in total. The summed E-state index contributed by atoms with van der Waals surface area (Å²) in [5.74, 6) is 0. The molecule has 0 aliphatic rings. The molecular formula is H5CaKO4S. The summed E-state index contributed by atoms with van der Waals surface area (Å²) in [6, 6.07) is 0. The van der Waals surface area contributed by atoms with Gasteiger partial charge in [-0.1, -0.05) is 0 Å². The first kappa shape index (κ1) is 16.4. The van der Waals surface area contributed by atoms with Gasteiger partial charge in [0, 0.05) is 0 Å². The summed E-state index contributed by atoms with van der Waals surface area (Å²) in [6.07, 6.45) is 0. The van der Waals surface area contributed by atoms with Crippen molar-refractivity contribution in [1.82, 2.24) is 0 Å². The second-order valence-corrected chi connectivity index (χ2v) is 1.34. The summed E-state index contributed by atoms with van der Waals surface area (Å²) in [5, 5.41) is 0. The Bertz CT molecular complexity index is 94.9. The number of rotatable bonds is 0. The van der Waals surface area contributed by atoms with Gasteiger partial charge in [0.1, 0.15) is 0 Å². The van der Waals surface area contributed by atoms with Crippen LogP contribution in [0.3, 0.4) is 0 Å². The van der Waals surface area contributed by atoms with Gasteiger partial charge in [0.25, 0.3) is 0 Å². The molecule has 0 amide bonds. The third-order valence-electron chi connectivity index (χ3n) is 0. The summed E-state index contributed by atoms with van der Waals surface area (Å²) in [6.45, 7) is 0. The topological polar surface area (TPSA) is 74.6 Å². The molecule has 38 valence electrons. The van der Waals surface area contributed by atoms with Crippen molar-refractivity contribution in [2.45, 2.75) is 0 Å². The molecule has 0 saturated heterocycles. The molecule has 0 saturated carbocycles. The fourth-order valence-corrected chi connectivity index (χ4v) is 0. The molecule has 0 bridgehead atoms. The summed E-state index contributed by atoms with van der Waals surface area (Å²) >= 11 is 0. The van der Waals surface area contributed by atoms with E-state index in [0.717, 1.165) is 0 Å². The molecule has 0 aromatic carbocycles. The first-order valence-corrected chi connectivity index (χ1v) is 2.10. The van der Waals surface area contributed by atoms with Crippen LogP contribution in [0.15, 0.2) is 0 Å². The zero-order valence-corrected chi connectivity index (χ0v) is 2.94. The Hall–Kier alpha value is 2.77. The van der Waals surface area contributed by atoms with Gasteiger partial charge in [-0.2, -0.15) is 8.42 Å². The average Bonchev–Trinajstić information content (AvgIpc) is 0.722. The zero-order chi connectivity index (χ0) is 4.50. The van der Waals surface area contributed by atoms with Crippen molar-refractivity contribution in [3.63, 3.8) is 0 Å². The van der Waals surface area contributed by atoms with Crippen LogP contribution in [0.25, 0.3) is 0 Å². The van der Waals surface area contributed by atoms with Crippen LogP contribution in [0.4, 0.5) is 0 Å². The third kappa shape index (κ3) is 52.5. The van der Waals surface area contributed by atoms with Gasteiger partial charge >= 0.3 is 99.5 Å². The van der Waals surface area contributed by atoms with Crippen molar-refractivity contribution < 1.29 is 17.5 Å². The monoisotopic (exact) mass is 180 g/mol. The normalized spacial score (nSPS) is 8.29. The van der Waals surface area contributed by atoms with Crippen molar-refractivity contribution >= 4 is 99.5 Å². The first-order valence-electron chi connectivity index (χ1n) is 0.698. The third-order valence-corrected chi connectivity index (χ3v) is 0. The molecule has 0 fully saturated rings. The van der Waals surface area contributed by atoms with Gasteiger partial charge in [0.15, 0.2) is 0 Å². The SMILES string of the molecule is O=S(=O)(O)O.[CaH2].[KH]. The van der Waals surface area contributed by atoms with E-state index in [1.807, 2.05) is 0 Å². The number of hydrogen-bond donors (Lipinski definition) is 2. The second-order valence-electron chi connectivity index (χ2n) is 0.448. The molecule has 4 nitrogen and oxygen atoms in total. The maximum absolute atomic E-state index is 8.74. The Balaban J connectivity index is -0.0000000800. The Kier molecular flexibility index (Phi) is 16.1. The molecule has 0 radical (unpaired) electrons. The van der Waals surface area contributed by atoms with Crippen LogP contribution in [0.5, 0.6) is 0 Å². The van der Waals surface area contributed by atoms with Crippen LogP contribution in [0, 0.1) is 0 Å². The predicted molar refractivity (Wildman–Crippen MR) is 29.9 cm³/mol. The van der Waals surface area contributed by atoms with Crippen molar-refractivity contribution in [1.29, 1.82) is 0 Å². The van der Waals surface area contributed by atoms with Crippen LogP contribution in [0.1, 0.15) is 0 Å². The standard InChI is InChI=1S/Ca.K.H2O4S.3H/c;;1-5(2,3)4;;;/h;;(H2,1,2,3,4);;;. The van der Waals surface area contributed by atoms with Crippen molar-refractivity contribution in [2.24, 2.45) is 0 Å². The Morgan fingerprint density at radius 3 is 1.14 bits per heavy atom. The van der Waals surface area contributed by atoms with Gasteiger partial charge in [-0.3, -0.25) is 9.11 Å². The fourth-order valence-electron chi connectivity index (χ4n) is 0. The van der Waals surface area contributed by atoms with E-state index in [9.17, 15) is 0 Å². The van der Waals surface area contributed by atoms with Crippen LogP contribution < -0.4 is 0 Å². The van der Waals surface area contributed by atoms with E-state index in [-0.39, 0.29) is 89.1 Å². The molecule has 0 aromatic rings. The Morgan fingerprint density at radius 1 is 1.14 bits per heavy atom. The molecule has 0 aromatic heterocycles. The molecule has 0 heterocycles. The fraction of sp³-hybridized carbons (Fsp3) is 0. The number of hydrogen-bond acceptors (Lipinski definition) is 2. The minimum absolute atomic E-state index is 0. The minimum atomic E-state index is -4.67. The van der Waals surface area contributed by atoms with Gasteiger partial charge < -0.3 is 0 Å². The van der Waals surface area contributed by atoms with Gasteiger partial charge in [0.2, 0.25) is 0 Å². The van der Waals surface area contributed by atoms with E-state index < -0.39 is 10.4 Å². The molecule has 0 atom stereocenters. The maximum atomic E-state index is 8.74. The predicted octanol–water partition coefficient (Wildman–Crippen LogP) is -2.22. The van der Waals surface area contributed by atoms with Crippen LogP contribution in [0.2, 0.25) is 0 Å². The second kappa shape index (κ2) is 6.88. The summed E-state index contributed by atoms with van der Waals surface area (Å²) in [4.78, 5) is 0. The van der Waals surface area contributed by atoms with E-state index in [4.69, 9.17) is 17.5 Å². The molecule has 0 aliphatic carbocycles.